The SMILES string of the molecule is Cc1ccc(/C(O)=C2/C(=O)C(=O)N(Cc3ccncc3)C2c2ccccc2)cc1. The molecule has 29 heavy (non-hydrogen) atoms. The maximum atomic E-state index is 12.9. The molecule has 1 aliphatic heterocycles. The number of likely N-dealkylation sites (tertiary alicyclic amines) is 1. The molecule has 4 rings (SSSR count). The van der Waals surface area contributed by atoms with Gasteiger partial charge in [-0.2, -0.15) is 0 Å². The molecule has 1 N–H and O–H groups in total. The van der Waals surface area contributed by atoms with E-state index in [0.717, 1.165) is 16.7 Å². The highest BCUT2D eigenvalue weighted by atomic mass is 16.3. The van der Waals surface area contributed by atoms with Crippen LogP contribution in [0.2, 0.25) is 0 Å². The van der Waals surface area contributed by atoms with Gasteiger partial charge in [0.2, 0.25) is 0 Å². The van der Waals surface area contributed by atoms with E-state index in [-0.39, 0.29) is 17.9 Å². The largest absolute Gasteiger partial charge is 0.507 e. The zero-order chi connectivity index (χ0) is 20.4. The fourth-order valence-electron chi connectivity index (χ4n) is 3.58. The predicted molar refractivity (Wildman–Crippen MR) is 110 cm³/mol. The molecule has 2 aromatic carbocycles. The van der Waals surface area contributed by atoms with E-state index in [4.69, 9.17) is 0 Å². The molecule has 0 saturated carbocycles. The first-order chi connectivity index (χ1) is 14.1. The third kappa shape index (κ3) is 3.55. The fourth-order valence-corrected chi connectivity index (χ4v) is 3.58. The summed E-state index contributed by atoms with van der Waals surface area (Å²) in [6.45, 7) is 2.19. The van der Waals surface area contributed by atoms with Crippen LogP contribution < -0.4 is 0 Å². The summed E-state index contributed by atoms with van der Waals surface area (Å²) < 4.78 is 0. The van der Waals surface area contributed by atoms with Crippen molar-refractivity contribution in [1.29, 1.82) is 0 Å². The second-order valence-corrected chi connectivity index (χ2v) is 7.06. The highest BCUT2D eigenvalue weighted by Gasteiger charge is 2.45. The normalized spacial score (nSPS) is 18.2. The van der Waals surface area contributed by atoms with Gasteiger partial charge in [0.1, 0.15) is 5.76 Å². The molecule has 1 atom stereocenters. The van der Waals surface area contributed by atoms with Crippen molar-refractivity contribution in [1.82, 2.24) is 9.88 Å². The van der Waals surface area contributed by atoms with Crippen molar-refractivity contribution in [2.45, 2.75) is 19.5 Å². The number of aliphatic hydroxyl groups is 1. The maximum absolute atomic E-state index is 12.9. The minimum Gasteiger partial charge on any atom is -0.507 e. The molecule has 5 nitrogen and oxygen atoms in total. The lowest BCUT2D eigenvalue weighted by Gasteiger charge is -2.25. The summed E-state index contributed by atoms with van der Waals surface area (Å²) >= 11 is 0. The number of amides is 1. The summed E-state index contributed by atoms with van der Waals surface area (Å²) in [5.74, 6) is -1.45. The van der Waals surface area contributed by atoms with Crippen LogP contribution in [0, 0.1) is 6.92 Å². The zero-order valence-corrected chi connectivity index (χ0v) is 15.9. The molecule has 2 heterocycles. The second kappa shape index (κ2) is 7.72. The number of Topliss-reactive ketones (excluding diaryl/α,β-unsaturated/α-hetero) is 1. The Morgan fingerprint density at radius 3 is 2.28 bits per heavy atom. The minimum absolute atomic E-state index is 0.110. The topological polar surface area (TPSA) is 70.5 Å². The van der Waals surface area contributed by atoms with Crippen LogP contribution >= 0.6 is 0 Å². The Kier molecular flexibility index (Phi) is 4.96. The number of nitrogens with zero attached hydrogens (tertiary/aromatic N) is 2. The van der Waals surface area contributed by atoms with Gasteiger partial charge in [0, 0.05) is 24.5 Å². The standard InChI is InChI=1S/C24H20N2O3/c1-16-7-9-19(10-8-16)22(27)20-21(18-5-3-2-4-6-18)26(24(29)23(20)28)15-17-11-13-25-14-12-17/h2-14,21,27H,15H2,1H3/b22-20-. The van der Waals surface area contributed by atoms with Crippen LogP contribution in [0.25, 0.3) is 5.76 Å². The Bertz CT molecular complexity index is 1070. The molecule has 0 spiro atoms. The van der Waals surface area contributed by atoms with Crippen LogP contribution in [0.4, 0.5) is 0 Å². The molecule has 0 bridgehead atoms. The van der Waals surface area contributed by atoms with Crippen molar-refractivity contribution in [3.63, 3.8) is 0 Å². The van der Waals surface area contributed by atoms with Gasteiger partial charge in [-0.1, -0.05) is 60.2 Å². The fraction of sp³-hybridized carbons (Fsp3) is 0.125. The lowest BCUT2D eigenvalue weighted by molar-refractivity contribution is -0.140. The molecule has 1 aliphatic rings. The Morgan fingerprint density at radius 1 is 0.966 bits per heavy atom. The first kappa shape index (κ1) is 18.6. The maximum Gasteiger partial charge on any atom is 0.295 e. The number of benzene rings is 2. The van der Waals surface area contributed by atoms with E-state index in [2.05, 4.69) is 4.98 Å². The highest BCUT2D eigenvalue weighted by molar-refractivity contribution is 6.46. The van der Waals surface area contributed by atoms with E-state index in [0.29, 0.717) is 5.56 Å². The molecule has 3 aromatic rings. The van der Waals surface area contributed by atoms with Gasteiger partial charge in [-0.05, 0) is 30.2 Å². The van der Waals surface area contributed by atoms with Crippen LogP contribution in [0.15, 0.2) is 84.7 Å². The summed E-state index contributed by atoms with van der Waals surface area (Å²) in [6, 6.07) is 19.5. The van der Waals surface area contributed by atoms with Crippen molar-refractivity contribution < 1.29 is 14.7 Å². The number of aromatic nitrogens is 1. The molecule has 0 radical (unpaired) electrons. The monoisotopic (exact) mass is 384 g/mol. The average molecular weight is 384 g/mol. The smallest absolute Gasteiger partial charge is 0.295 e. The summed E-state index contributed by atoms with van der Waals surface area (Å²) in [6.07, 6.45) is 3.30. The average Bonchev–Trinajstić information content (AvgIpc) is 3.00. The number of hydrogen-bond acceptors (Lipinski definition) is 4. The molecule has 144 valence electrons. The van der Waals surface area contributed by atoms with Crippen molar-refractivity contribution in [3.8, 4) is 0 Å². The van der Waals surface area contributed by atoms with Crippen LogP contribution in [0.3, 0.4) is 0 Å². The highest BCUT2D eigenvalue weighted by Crippen LogP contribution is 2.40. The first-order valence-electron chi connectivity index (χ1n) is 9.35. The van der Waals surface area contributed by atoms with Crippen molar-refractivity contribution in [2.75, 3.05) is 0 Å². The van der Waals surface area contributed by atoms with Gasteiger partial charge < -0.3 is 10.0 Å². The molecule has 0 aliphatic carbocycles. The Morgan fingerprint density at radius 2 is 1.62 bits per heavy atom. The minimum atomic E-state index is -0.675. The number of hydrogen-bond donors (Lipinski definition) is 1. The molecular formula is C24H20N2O3. The number of pyridine rings is 1. The van der Waals surface area contributed by atoms with Gasteiger partial charge in [-0.25, -0.2) is 0 Å². The summed E-state index contributed by atoms with van der Waals surface area (Å²) in [7, 11) is 0. The predicted octanol–water partition coefficient (Wildman–Crippen LogP) is 4.01. The molecule has 1 amide bonds. The van der Waals surface area contributed by atoms with E-state index in [9.17, 15) is 14.7 Å². The van der Waals surface area contributed by atoms with Gasteiger partial charge in [-0.15, -0.1) is 0 Å². The van der Waals surface area contributed by atoms with Gasteiger partial charge >= 0.3 is 0 Å². The number of ketones is 1. The van der Waals surface area contributed by atoms with E-state index in [1.54, 1.807) is 36.7 Å². The molecule has 1 unspecified atom stereocenters. The Balaban J connectivity index is 1.85. The summed E-state index contributed by atoms with van der Waals surface area (Å²) in [5.41, 5.74) is 3.30. The van der Waals surface area contributed by atoms with Crippen LogP contribution in [0.5, 0.6) is 0 Å². The van der Waals surface area contributed by atoms with Crippen LogP contribution in [-0.2, 0) is 16.1 Å². The third-order valence-corrected chi connectivity index (χ3v) is 5.08. The van der Waals surface area contributed by atoms with Gasteiger partial charge in [-0.3, -0.25) is 14.6 Å². The first-order valence-corrected chi connectivity index (χ1v) is 9.35. The summed E-state index contributed by atoms with van der Waals surface area (Å²) in [4.78, 5) is 31.4. The van der Waals surface area contributed by atoms with Crippen molar-refractivity contribution >= 4 is 17.4 Å². The molecular weight excluding hydrogens is 364 g/mol. The third-order valence-electron chi connectivity index (χ3n) is 5.08. The number of aliphatic hydroxyl groups excluding tert-OH is 1. The summed E-state index contributed by atoms with van der Waals surface area (Å²) in [5, 5.41) is 11.0. The second-order valence-electron chi connectivity index (χ2n) is 7.06. The van der Waals surface area contributed by atoms with Crippen LogP contribution in [-0.4, -0.2) is 26.7 Å². The molecule has 1 aromatic heterocycles. The molecule has 1 fully saturated rings. The Labute approximate surface area is 169 Å². The lowest BCUT2D eigenvalue weighted by Crippen LogP contribution is -2.29. The van der Waals surface area contributed by atoms with E-state index in [1.165, 1.54) is 4.90 Å². The van der Waals surface area contributed by atoms with Crippen LogP contribution in [0.1, 0.15) is 28.3 Å². The van der Waals surface area contributed by atoms with Gasteiger partial charge in [0.25, 0.3) is 11.7 Å². The number of aryl methyl sites for hydroxylation is 1. The number of carbonyl (C=O) groups excluding carboxylic acids is 2. The van der Waals surface area contributed by atoms with E-state index >= 15 is 0 Å². The number of carbonyl (C=O) groups is 2. The van der Waals surface area contributed by atoms with Gasteiger partial charge in [0.05, 0.1) is 11.6 Å². The quantitative estimate of drug-likeness (QED) is 0.419. The van der Waals surface area contributed by atoms with E-state index < -0.39 is 17.7 Å². The molecule has 5 heteroatoms. The Hall–Kier alpha value is -3.73. The van der Waals surface area contributed by atoms with E-state index in [1.807, 2.05) is 49.4 Å². The van der Waals surface area contributed by atoms with Gasteiger partial charge in [0.15, 0.2) is 0 Å². The molecule has 1 saturated heterocycles. The zero-order valence-electron chi connectivity index (χ0n) is 15.9. The van der Waals surface area contributed by atoms with Crippen molar-refractivity contribution in [3.05, 3.63) is 107 Å². The van der Waals surface area contributed by atoms with Crippen molar-refractivity contribution in [2.24, 2.45) is 0 Å². The number of rotatable bonds is 4. The lowest BCUT2D eigenvalue weighted by atomic mass is 9.95.